The van der Waals surface area contributed by atoms with Crippen LogP contribution in [0.3, 0.4) is 0 Å². The van der Waals surface area contributed by atoms with Gasteiger partial charge < -0.3 is 14.2 Å². The van der Waals surface area contributed by atoms with Crippen LogP contribution >= 0.6 is 11.6 Å². The van der Waals surface area contributed by atoms with Crippen LogP contribution in [0.5, 0.6) is 11.5 Å². The molecule has 6 heteroatoms. The molecule has 0 radical (unpaired) electrons. The van der Waals surface area contributed by atoms with Crippen LogP contribution in [-0.2, 0) is 9.53 Å². The Morgan fingerprint density at radius 1 is 1.15 bits per heavy atom. The number of Topliss-reactive ketones (excluding diaryl/α,β-unsaturated/α-hetero) is 1. The van der Waals surface area contributed by atoms with Crippen LogP contribution in [0.4, 0.5) is 0 Å². The average Bonchev–Trinajstić information content (AvgIpc) is 2.89. The molecule has 0 bridgehead atoms. The zero-order chi connectivity index (χ0) is 19.6. The molecule has 0 aliphatic carbocycles. The number of benzene rings is 2. The number of carbonyl (C=O) groups is 2. The zero-order valence-corrected chi connectivity index (χ0v) is 16.0. The lowest BCUT2D eigenvalue weighted by Gasteiger charge is -2.19. The van der Waals surface area contributed by atoms with E-state index in [1.807, 2.05) is 0 Å². The summed E-state index contributed by atoms with van der Waals surface area (Å²) in [6.45, 7) is 5.13. The summed E-state index contributed by atoms with van der Waals surface area (Å²) in [5.74, 6) is 0.348. The summed E-state index contributed by atoms with van der Waals surface area (Å²) in [6, 6.07) is 11.9. The van der Waals surface area contributed by atoms with E-state index in [0.29, 0.717) is 22.1 Å². The molecule has 0 amide bonds. The number of ketones is 1. The van der Waals surface area contributed by atoms with E-state index >= 15 is 0 Å². The van der Waals surface area contributed by atoms with Gasteiger partial charge in [0.15, 0.2) is 12.4 Å². The number of ether oxygens (including phenoxy) is 3. The number of rotatable bonds is 4. The second-order valence-corrected chi connectivity index (χ2v) is 7.46. The normalized spacial score (nSPS) is 14.7. The van der Waals surface area contributed by atoms with Gasteiger partial charge in [0.05, 0.1) is 5.56 Å². The lowest BCUT2D eigenvalue weighted by molar-refractivity contribution is -0.157. The first-order chi connectivity index (χ1) is 12.7. The van der Waals surface area contributed by atoms with Crippen LogP contribution in [0.25, 0.3) is 6.08 Å². The molecule has 1 aliphatic rings. The minimum Gasteiger partial charge on any atom is -0.482 e. The molecule has 140 valence electrons. The van der Waals surface area contributed by atoms with Crippen molar-refractivity contribution in [1.82, 2.24) is 0 Å². The minimum atomic E-state index is -0.574. The van der Waals surface area contributed by atoms with Crippen LogP contribution in [-0.4, -0.2) is 24.0 Å². The van der Waals surface area contributed by atoms with Gasteiger partial charge in [0, 0.05) is 11.1 Å². The third-order valence-corrected chi connectivity index (χ3v) is 3.84. The molecule has 0 N–H and O–H groups in total. The van der Waals surface area contributed by atoms with Crippen molar-refractivity contribution in [3.8, 4) is 11.5 Å². The van der Waals surface area contributed by atoms with Crippen molar-refractivity contribution in [3.63, 3.8) is 0 Å². The standard InChI is InChI=1S/C21H19ClO5/c1-21(2,3)27-19(23)12-25-15-8-9-16-17(11-15)26-18(20(16)24)10-13-4-6-14(22)7-5-13/h4-11H,12H2,1-3H3. The molecular formula is C21H19ClO5. The maximum Gasteiger partial charge on any atom is 0.344 e. The molecule has 0 unspecified atom stereocenters. The highest BCUT2D eigenvalue weighted by atomic mass is 35.5. The largest absolute Gasteiger partial charge is 0.482 e. The third kappa shape index (κ3) is 4.89. The van der Waals surface area contributed by atoms with Crippen LogP contribution in [0.15, 0.2) is 48.2 Å². The Bertz CT molecular complexity index is 907. The highest BCUT2D eigenvalue weighted by molar-refractivity contribution is 6.30. The molecule has 0 atom stereocenters. The maximum atomic E-state index is 12.5. The van der Waals surface area contributed by atoms with Crippen LogP contribution < -0.4 is 9.47 Å². The van der Waals surface area contributed by atoms with Gasteiger partial charge in [-0.2, -0.15) is 0 Å². The van der Waals surface area contributed by atoms with Crippen molar-refractivity contribution in [2.45, 2.75) is 26.4 Å². The molecule has 27 heavy (non-hydrogen) atoms. The van der Waals surface area contributed by atoms with Crippen molar-refractivity contribution in [2.24, 2.45) is 0 Å². The van der Waals surface area contributed by atoms with E-state index in [-0.39, 0.29) is 18.1 Å². The fourth-order valence-electron chi connectivity index (χ4n) is 2.48. The number of allylic oxidation sites excluding steroid dienone is 1. The predicted molar refractivity (Wildman–Crippen MR) is 102 cm³/mol. The number of fused-ring (bicyclic) bond motifs is 1. The number of carbonyl (C=O) groups excluding carboxylic acids is 2. The summed E-state index contributed by atoms with van der Waals surface area (Å²) >= 11 is 5.87. The van der Waals surface area contributed by atoms with Gasteiger partial charge in [-0.05, 0) is 56.7 Å². The quantitative estimate of drug-likeness (QED) is 0.564. The summed E-state index contributed by atoms with van der Waals surface area (Å²) in [5, 5.41) is 0.617. The monoisotopic (exact) mass is 386 g/mol. The number of hydrogen-bond acceptors (Lipinski definition) is 5. The molecule has 0 saturated heterocycles. The zero-order valence-electron chi connectivity index (χ0n) is 15.2. The van der Waals surface area contributed by atoms with Crippen LogP contribution in [0, 0.1) is 0 Å². The van der Waals surface area contributed by atoms with Gasteiger partial charge in [-0.25, -0.2) is 4.79 Å². The summed E-state index contributed by atoms with van der Waals surface area (Å²) in [4.78, 5) is 24.2. The predicted octanol–water partition coefficient (Wildman–Crippen LogP) is 4.68. The molecule has 0 aromatic heterocycles. The van der Waals surface area contributed by atoms with E-state index in [2.05, 4.69) is 0 Å². The van der Waals surface area contributed by atoms with Crippen molar-refractivity contribution in [1.29, 1.82) is 0 Å². The van der Waals surface area contributed by atoms with Gasteiger partial charge in [-0.1, -0.05) is 23.7 Å². The van der Waals surface area contributed by atoms with Gasteiger partial charge >= 0.3 is 5.97 Å². The molecule has 0 fully saturated rings. The van der Waals surface area contributed by atoms with Gasteiger partial charge in [0.25, 0.3) is 0 Å². The van der Waals surface area contributed by atoms with Gasteiger partial charge in [-0.15, -0.1) is 0 Å². The highest BCUT2D eigenvalue weighted by Crippen LogP contribution is 2.35. The Balaban J connectivity index is 1.70. The fraction of sp³-hybridized carbons (Fsp3) is 0.238. The van der Waals surface area contributed by atoms with Crippen molar-refractivity contribution in [3.05, 3.63) is 64.4 Å². The summed E-state index contributed by atoms with van der Waals surface area (Å²) < 4.78 is 16.3. The first-order valence-corrected chi connectivity index (χ1v) is 8.77. The summed E-state index contributed by atoms with van der Waals surface area (Å²) in [6.07, 6.45) is 1.65. The van der Waals surface area contributed by atoms with E-state index in [1.165, 1.54) is 0 Å². The van der Waals surface area contributed by atoms with Crippen LogP contribution in [0.2, 0.25) is 5.02 Å². The van der Waals surface area contributed by atoms with Gasteiger partial charge in [0.2, 0.25) is 5.78 Å². The summed E-state index contributed by atoms with van der Waals surface area (Å²) in [5.41, 5.74) is 0.673. The third-order valence-electron chi connectivity index (χ3n) is 3.59. The van der Waals surface area contributed by atoms with E-state index < -0.39 is 11.6 Å². The van der Waals surface area contributed by atoms with Gasteiger partial charge in [0.1, 0.15) is 17.1 Å². The lowest BCUT2D eigenvalue weighted by atomic mass is 10.1. The van der Waals surface area contributed by atoms with Crippen molar-refractivity contribution in [2.75, 3.05) is 6.61 Å². The number of esters is 1. The van der Waals surface area contributed by atoms with Crippen molar-refractivity contribution >= 4 is 29.4 Å². The average molecular weight is 387 g/mol. The molecular weight excluding hydrogens is 368 g/mol. The SMILES string of the molecule is CC(C)(C)OC(=O)COc1ccc2c(c1)OC(=Cc1ccc(Cl)cc1)C2=O. The smallest absolute Gasteiger partial charge is 0.344 e. The minimum absolute atomic E-state index is 0.210. The Kier molecular flexibility index (Phi) is 5.24. The molecule has 2 aromatic carbocycles. The highest BCUT2D eigenvalue weighted by Gasteiger charge is 2.28. The van der Waals surface area contributed by atoms with Crippen LogP contribution in [0.1, 0.15) is 36.7 Å². The Hall–Kier alpha value is -2.79. The topological polar surface area (TPSA) is 61.8 Å². The maximum absolute atomic E-state index is 12.5. The first-order valence-electron chi connectivity index (χ1n) is 8.40. The number of halogens is 1. The molecule has 1 heterocycles. The molecule has 3 rings (SSSR count). The molecule has 0 saturated carbocycles. The Labute approximate surface area is 162 Å². The van der Waals surface area contributed by atoms with E-state index in [9.17, 15) is 9.59 Å². The number of hydrogen-bond donors (Lipinski definition) is 0. The Morgan fingerprint density at radius 3 is 2.52 bits per heavy atom. The first kappa shape index (κ1) is 19.0. The fourth-order valence-corrected chi connectivity index (χ4v) is 2.61. The second kappa shape index (κ2) is 7.45. The lowest BCUT2D eigenvalue weighted by Crippen LogP contribution is -2.27. The van der Waals surface area contributed by atoms with E-state index in [1.54, 1.807) is 69.3 Å². The second-order valence-electron chi connectivity index (χ2n) is 7.02. The van der Waals surface area contributed by atoms with Crippen molar-refractivity contribution < 1.29 is 23.8 Å². The van der Waals surface area contributed by atoms with E-state index in [4.69, 9.17) is 25.8 Å². The molecule has 2 aromatic rings. The van der Waals surface area contributed by atoms with Gasteiger partial charge in [-0.3, -0.25) is 4.79 Å². The summed E-state index contributed by atoms with van der Waals surface area (Å²) in [7, 11) is 0. The Morgan fingerprint density at radius 2 is 1.85 bits per heavy atom. The van der Waals surface area contributed by atoms with E-state index in [0.717, 1.165) is 5.56 Å². The molecule has 1 aliphatic heterocycles. The molecule has 0 spiro atoms. The molecule has 5 nitrogen and oxygen atoms in total.